The van der Waals surface area contributed by atoms with Gasteiger partial charge in [-0.2, -0.15) is 5.10 Å². The maximum absolute atomic E-state index is 13.1. The van der Waals surface area contributed by atoms with Crippen molar-refractivity contribution in [2.75, 3.05) is 45.9 Å². The SMILES string of the molecule is CCNC(=NCC(C)(C)N1CCOCC1)NCCc1ccn(-c2ccc(F)cc2)n1.I. The zero-order valence-electron chi connectivity index (χ0n) is 18.6. The minimum absolute atomic E-state index is 0. The number of halogens is 2. The summed E-state index contributed by atoms with van der Waals surface area (Å²) in [5.74, 6) is 0.569. The maximum Gasteiger partial charge on any atom is 0.191 e. The number of hydrogen-bond donors (Lipinski definition) is 2. The molecule has 1 saturated heterocycles. The summed E-state index contributed by atoms with van der Waals surface area (Å²) in [6.45, 7) is 12.2. The number of morpholine rings is 1. The number of nitrogens with zero attached hydrogens (tertiary/aromatic N) is 4. The normalized spacial score (nSPS) is 15.4. The summed E-state index contributed by atoms with van der Waals surface area (Å²) in [7, 11) is 0. The Balaban J connectivity index is 0.00000341. The van der Waals surface area contributed by atoms with Gasteiger partial charge in [0.1, 0.15) is 5.82 Å². The van der Waals surface area contributed by atoms with Crippen LogP contribution < -0.4 is 10.6 Å². The third-order valence-corrected chi connectivity index (χ3v) is 5.24. The molecule has 0 amide bonds. The van der Waals surface area contributed by atoms with Crippen molar-refractivity contribution in [2.45, 2.75) is 32.7 Å². The van der Waals surface area contributed by atoms with Gasteiger partial charge in [-0.25, -0.2) is 9.07 Å². The van der Waals surface area contributed by atoms with Gasteiger partial charge in [-0.3, -0.25) is 9.89 Å². The summed E-state index contributed by atoms with van der Waals surface area (Å²) in [5, 5.41) is 11.3. The highest BCUT2D eigenvalue weighted by Crippen LogP contribution is 2.16. The highest BCUT2D eigenvalue weighted by atomic mass is 127. The van der Waals surface area contributed by atoms with Gasteiger partial charge in [0.15, 0.2) is 5.96 Å². The van der Waals surface area contributed by atoms with Gasteiger partial charge < -0.3 is 15.4 Å². The minimum Gasteiger partial charge on any atom is -0.379 e. The van der Waals surface area contributed by atoms with E-state index in [1.165, 1.54) is 12.1 Å². The predicted octanol–water partition coefficient (Wildman–Crippen LogP) is 2.84. The second-order valence-corrected chi connectivity index (χ2v) is 8.01. The first-order valence-corrected chi connectivity index (χ1v) is 10.6. The molecule has 0 spiro atoms. The average molecular weight is 544 g/mol. The summed E-state index contributed by atoms with van der Waals surface area (Å²) in [6.07, 6.45) is 2.66. The van der Waals surface area contributed by atoms with E-state index in [4.69, 9.17) is 9.73 Å². The quantitative estimate of drug-likeness (QED) is 0.304. The fourth-order valence-electron chi connectivity index (χ4n) is 3.42. The van der Waals surface area contributed by atoms with Crippen molar-refractivity contribution in [3.63, 3.8) is 0 Å². The fourth-order valence-corrected chi connectivity index (χ4v) is 3.42. The van der Waals surface area contributed by atoms with E-state index in [0.717, 1.165) is 63.2 Å². The zero-order valence-corrected chi connectivity index (χ0v) is 20.9. The lowest BCUT2D eigenvalue weighted by atomic mass is 10.0. The van der Waals surface area contributed by atoms with Crippen LogP contribution in [0.3, 0.4) is 0 Å². The van der Waals surface area contributed by atoms with E-state index in [2.05, 4.69) is 41.4 Å². The van der Waals surface area contributed by atoms with Crippen LogP contribution in [-0.2, 0) is 11.2 Å². The first-order valence-electron chi connectivity index (χ1n) is 10.6. The van der Waals surface area contributed by atoms with E-state index in [1.54, 1.807) is 16.8 Å². The Hall–Kier alpha value is -1.72. The molecule has 172 valence electrons. The van der Waals surface area contributed by atoms with Gasteiger partial charge in [-0.1, -0.05) is 0 Å². The van der Waals surface area contributed by atoms with Crippen LogP contribution >= 0.6 is 24.0 Å². The van der Waals surface area contributed by atoms with E-state index < -0.39 is 0 Å². The van der Waals surface area contributed by atoms with Crippen LogP contribution in [0.4, 0.5) is 4.39 Å². The summed E-state index contributed by atoms with van der Waals surface area (Å²) < 4.78 is 20.3. The Morgan fingerprint density at radius 3 is 2.55 bits per heavy atom. The molecule has 0 saturated carbocycles. The molecule has 9 heteroatoms. The first-order chi connectivity index (χ1) is 14.5. The van der Waals surface area contributed by atoms with Crippen molar-refractivity contribution in [1.82, 2.24) is 25.3 Å². The molecular weight excluding hydrogens is 510 g/mol. The molecule has 1 aromatic carbocycles. The van der Waals surface area contributed by atoms with E-state index in [0.29, 0.717) is 6.54 Å². The van der Waals surface area contributed by atoms with Crippen LogP contribution in [0.25, 0.3) is 5.69 Å². The number of benzene rings is 1. The molecule has 0 unspecified atom stereocenters. The molecule has 1 aromatic heterocycles. The number of aliphatic imine (C=N–C) groups is 1. The predicted molar refractivity (Wildman–Crippen MR) is 133 cm³/mol. The van der Waals surface area contributed by atoms with E-state index in [9.17, 15) is 4.39 Å². The van der Waals surface area contributed by atoms with Gasteiger partial charge in [0, 0.05) is 44.3 Å². The van der Waals surface area contributed by atoms with Crippen molar-refractivity contribution < 1.29 is 9.13 Å². The first kappa shape index (κ1) is 25.5. The molecule has 0 atom stereocenters. The molecule has 1 aliphatic rings. The lowest BCUT2D eigenvalue weighted by Crippen LogP contribution is -2.52. The van der Waals surface area contributed by atoms with Crippen molar-refractivity contribution in [3.05, 3.63) is 48.0 Å². The Labute approximate surface area is 201 Å². The Morgan fingerprint density at radius 1 is 1.16 bits per heavy atom. The Bertz CT molecular complexity index is 818. The third-order valence-electron chi connectivity index (χ3n) is 5.24. The summed E-state index contributed by atoms with van der Waals surface area (Å²) in [6, 6.07) is 8.30. The zero-order chi connectivity index (χ0) is 21.4. The van der Waals surface area contributed by atoms with Crippen LogP contribution in [0.15, 0.2) is 41.5 Å². The van der Waals surface area contributed by atoms with E-state index in [-0.39, 0.29) is 35.3 Å². The molecule has 7 nitrogen and oxygen atoms in total. The molecule has 3 rings (SSSR count). The van der Waals surface area contributed by atoms with Gasteiger partial charge in [0.2, 0.25) is 0 Å². The number of nitrogens with one attached hydrogen (secondary N) is 2. The van der Waals surface area contributed by atoms with Gasteiger partial charge in [0.25, 0.3) is 0 Å². The molecular formula is C22H34FIN6O. The molecule has 0 radical (unpaired) electrons. The van der Waals surface area contributed by atoms with E-state index in [1.807, 2.05) is 12.3 Å². The van der Waals surface area contributed by atoms with Crippen molar-refractivity contribution in [2.24, 2.45) is 4.99 Å². The average Bonchev–Trinajstić information content (AvgIpc) is 3.22. The third kappa shape index (κ3) is 7.73. The molecule has 2 aromatic rings. The topological polar surface area (TPSA) is 66.7 Å². The summed E-state index contributed by atoms with van der Waals surface area (Å²) in [5.41, 5.74) is 1.80. The Morgan fingerprint density at radius 2 is 1.87 bits per heavy atom. The van der Waals surface area contributed by atoms with Gasteiger partial charge in [0.05, 0.1) is 31.1 Å². The molecule has 31 heavy (non-hydrogen) atoms. The summed E-state index contributed by atoms with van der Waals surface area (Å²) >= 11 is 0. The molecule has 0 bridgehead atoms. The molecule has 0 aliphatic carbocycles. The van der Waals surface area contributed by atoms with Crippen LogP contribution in [0.2, 0.25) is 0 Å². The molecule has 2 N–H and O–H groups in total. The number of hydrogen-bond acceptors (Lipinski definition) is 4. The van der Waals surface area contributed by atoms with Crippen LogP contribution in [0, 0.1) is 5.82 Å². The van der Waals surface area contributed by atoms with E-state index >= 15 is 0 Å². The number of aromatic nitrogens is 2. The highest BCUT2D eigenvalue weighted by molar-refractivity contribution is 14.0. The molecule has 1 aliphatic heterocycles. The Kier molecular flexibility index (Phi) is 10.2. The molecule has 1 fully saturated rings. The fraction of sp³-hybridized carbons (Fsp3) is 0.545. The smallest absolute Gasteiger partial charge is 0.191 e. The molecule has 2 heterocycles. The van der Waals surface area contributed by atoms with Gasteiger partial charge >= 0.3 is 0 Å². The minimum atomic E-state index is -0.248. The van der Waals surface area contributed by atoms with Crippen LogP contribution in [0.1, 0.15) is 26.5 Å². The highest BCUT2D eigenvalue weighted by Gasteiger charge is 2.28. The van der Waals surface area contributed by atoms with Crippen LogP contribution in [-0.4, -0.2) is 72.1 Å². The standard InChI is InChI=1S/C22H33FN6O.HI/c1-4-24-21(26-17-22(2,3)28-13-15-30-16-14-28)25-11-9-19-10-12-29(27-19)20-7-5-18(23)6-8-20;/h5-8,10,12H,4,9,11,13-17H2,1-3H3,(H2,24,25,26);1H. The second-order valence-electron chi connectivity index (χ2n) is 8.01. The van der Waals surface area contributed by atoms with Crippen molar-refractivity contribution in [1.29, 1.82) is 0 Å². The largest absolute Gasteiger partial charge is 0.379 e. The number of ether oxygens (including phenoxy) is 1. The van der Waals surface area contributed by atoms with Crippen molar-refractivity contribution in [3.8, 4) is 5.69 Å². The second kappa shape index (κ2) is 12.4. The van der Waals surface area contributed by atoms with Crippen LogP contribution in [0.5, 0.6) is 0 Å². The lowest BCUT2D eigenvalue weighted by molar-refractivity contribution is -0.00683. The van der Waals surface area contributed by atoms with Crippen molar-refractivity contribution >= 4 is 29.9 Å². The monoisotopic (exact) mass is 544 g/mol. The van der Waals surface area contributed by atoms with Gasteiger partial charge in [-0.05, 0) is 51.1 Å². The number of rotatable bonds is 8. The maximum atomic E-state index is 13.1. The summed E-state index contributed by atoms with van der Waals surface area (Å²) in [4.78, 5) is 7.24. The number of guanidine groups is 1. The lowest BCUT2D eigenvalue weighted by Gasteiger charge is -2.39. The van der Waals surface area contributed by atoms with Gasteiger partial charge in [-0.15, -0.1) is 24.0 Å².